The molecule has 0 N–H and O–H groups in total. The first-order chi connectivity index (χ1) is 15.1. The molecule has 3 aromatic carbocycles. The van der Waals surface area contributed by atoms with Gasteiger partial charge in [0.25, 0.3) is 0 Å². The maximum absolute atomic E-state index is 6.41. The van der Waals surface area contributed by atoms with E-state index in [2.05, 4.69) is 84.9 Å². The maximum atomic E-state index is 6.41. The van der Waals surface area contributed by atoms with Crippen LogP contribution in [0.5, 0.6) is 0 Å². The third-order valence-electron chi connectivity index (χ3n) is 6.27. The number of nitrogens with zero attached hydrogens (tertiary/aromatic N) is 3. The summed E-state index contributed by atoms with van der Waals surface area (Å²) in [5.41, 5.74) is 8.46. The van der Waals surface area contributed by atoms with Crippen molar-refractivity contribution in [2.75, 3.05) is 0 Å². The summed E-state index contributed by atoms with van der Waals surface area (Å²) < 4.78 is 10.7. The van der Waals surface area contributed by atoms with Gasteiger partial charge in [-0.05, 0) is 42.8 Å². The van der Waals surface area contributed by atoms with Gasteiger partial charge >= 0.3 is 0 Å². The standard InChI is InChI=1S/C27H22N3O/c1-17-19(27-28-21-11-5-6-12-22(21)30(27)3)16-20-18-10-4-7-14-24(18)31-26(20)25(17)23-13-8-9-15-29(23)2/h4-16H,1-3H3/q+1. The highest BCUT2D eigenvalue weighted by Crippen LogP contribution is 2.41. The molecule has 3 aromatic heterocycles. The molecule has 0 spiro atoms. The van der Waals surface area contributed by atoms with Crippen molar-refractivity contribution in [2.24, 2.45) is 14.1 Å². The molecule has 0 atom stereocenters. The lowest BCUT2D eigenvalue weighted by molar-refractivity contribution is -0.660. The number of para-hydroxylation sites is 3. The number of pyridine rings is 1. The molecule has 0 amide bonds. The van der Waals surface area contributed by atoms with Crippen LogP contribution in [0.3, 0.4) is 0 Å². The first kappa shape index (κ1) is 17.9. The summed E-state index contributed by atoms with van der Waals surface area (Å²) in [6.07, 6.45) is 2.07. The summed E-state index contributed by atoms with van der Waals surface area (Å²) in [7, 11) is 4.16. The Kier molecular flexibility index (Phi) is 3.78. The molecule has 0 bridgehead atoms. The molecule has 31 heavy (non-hydrogen) atoms. The molecule has 0 saturated heterocycles. The van der Waals surface area contributed by atoms with Gasteiger partial charge in [-0.2, -0.15) is 0 Å². The SMILES string of the molecule is Cc1c(-c2nc3ccccc3n2C)cc2c(oc3ccccc32)c1-c1cccc[n+]1C. The first-order valence-electron chi connectivity index (χ1n) is 10.4. The van der Waals surface area contributed by atoms with Crippen LogP contribution in [-0.2, 0) is 14.1 Å². The Hall–Kier alpha value is -3.92. The topological polar surface area (TPSA) is 34.8 Å². The molecular weight excluding hydrogens is 382 g/mol. The van der Waals surface area contributed by atoms with E-state index in [0.29, 0.717) is 0 Å². The predicted molar refractivity (Wildman–Crippen MR) is 125 cm³/mol. The normalized spacial score (nSPS) is 11.7. The second kappa shape index (κ2) is 6.54. The second-order valence-corrected chi connectivity index (χ2v) is 8.08. The fraction of sp³-hybridized carbons (Fsp3) is 0.111. The Morgan fingerprint density at radius 1 is 0.903 bits per heavy atom. The van der Waals surface area contributed by atoms with E-state index in [9.17, 15) is 0 Å². The lowest BCUT2D eigenvalue weighted by Gasteiger charge is -2.12. The summed E-state index contributed by atoms with van der Waals surface area (Å²) in [6.45, 7) is 2.17. The highest BCUT2D eigenvalue weighted by atomic mass is 16.3. The van der Waals surface area contributed by atoms with Crippen LogP contribution in [-0.4, -0.2) is 9.55 Å². The number of imidazole rings is 1. The third kappa shape index (κ3) is 2.55. The van der Waals surface area contributed by atoms with E-state index < -0.39 is 0 Å². The van der Waals surface area contributed by atoms with E-state index in [1.54, 1.807) is 0 Å². The van der Waals surface area contributed by atoms with E-state index >= 15 is 0 Å². The summed E-state index contributed by atoms with van der Waals surface area (Å²) in [6, 6.07) is 25.0. The molecule has 4 nitrogen and oxygen atoms in total. The van der Waals surface area contributed by atoms with Crippen LogP contribution in [0.25, 0.3) is 55.6 Å². The molecule has 150 valence electrons. The maximum Gasteiger partial charge on any atom is 0.216 e. The number of rotatable bonds is 2. The Morgan fingerprint density at radius 3 is 2.52 bits per heavy atom. The van der Waals surface area contributed by atoms with Crippen molar-refractivity contribution >= 4 is 33.0 Å². The first-order valence-corrected chi connectivity index (χ1v) is 10.4. The minimum Gasteiger partial charge on any atom is -0.455 e. The molecular formula is C27H22N3O+. The highest BCUT2D eigenvalue weighted by molar-refractivity contribution is 6.11. The zero-order valence-corrected chi connectivity index (χ0v) is 17.8. The second-order valence-electron chi connectivity index (χ2n) is 8.08. The lowest BCUT2D eigenvalue weighted by Crippen LogP contribution is -2.30. The van der Waals surface area contributed by atoms with Crippen molar-refractivity contribution in [3.8, 4) is 22.6 Å². The average molecular weight is 404 g/mol. The predicted octanol–water partition coefficient (Wildman–Crippen LogP) is 5.94. The molecule has 4 heteroatoms. The van der Waals surface area contributed by atoms with Gasteiger partial charge in [0, 0.05) is 35.5 Å². The molecule has 6 rings (SSSR count). The van der Waals surface area contributed by atoms with Crippen LogP contribution >= 0.6 is 0 Å². The lowest BCUT2D eigenvalue weighted by atomic mass is 9.95. The molecule has 0 radical (unpaired) electrons. The fourth-order valence-electron chi connectivity index (χ4n) is 4.66. The van der Waals surface area contributed by atoms with Crippen LogP contribution in [0.4, 0.5) is 0 Å². The molecule has 0 saturated carbocycles. The quantitative estimate of drug-likeness (QED) is 0.335. The Morgan fingerprint density at radius 2 is 1.68 bits per heavy atom. The van der Waals surface area contributed by atoms with Crippen molar-refractivity contribution in [1.29, 1.82) is 0 Å². The van der Waals surface area contributed by atoms with Crippen LogP contribution in [0.1, 0.15) is 5.56 Å². The van der Waals surface area contributed by atoms with Crippen LogP contribution < -0.4 is 4.57 Å². The molecule has 0 aliphatic rings. The molecule has 0 aliphatic carbocycles. The van der Waals surface area contributed by atoms with Crippen LogP contribution in [0, 0.1) is 6.92 Å². The van der Waals surface area contributed by atoms with Crippen molar-refractivity contribution in [2.45, 2.75) is 6.92 Å². The van der Waals surface area contributed by atoms with Crippen LogP contribution in [0.2, 0.25) is 0 Å². The van der Waals surface area contributed by atoms with Gasteiger partial charge in [-0.25, -0.2) is 9.55 Å². The fourth-order valence-corrected chi connectivity index (χ4v) is 4.66. The van der Waals surface area contributed by atoms with E-state index in [1.165, 1.54) is 0 Å². The molecule has 3 heterocycles. The summed E-state index contributed by atoms with van der Waals surface area (Å²) >= 11 is 0. The van der Waals surface area contributed by atoms with Gasteiger partial charge in [0.1, 0.15) is 24.0 Å². The van der Waals surface area contributed by atoms with Gasteiger partial charge in [0.05, 0.1) is 16.6 Å². The summed E-state index contributed by atoms with van der Waals surface area (Å²) in [5, 5.41) is 2.24. The highest BCUT2D eigenvalue weighted by Gasteiger charge is 2.25. The number of benzene rings is 3. The Bertz CT molecular complexity index is 1620. The number of aryl methyl sites for hydroxylation is 2. The number of furan rings is 1. The molecule has 0 fully saturated rings. The van der Waals surface area contributed by atoms with Gasteiger partial charge in [0.15, 0.2) is 6.20 Å². The van der Waals surface area contributed by atoms with Gasteiger partial charge < -0.3 is 8.98 Å². The van der Waals surface area contributed by atoms with Gasteiger partial charge in [0.2, 0.25) is 5.69 Å². The minimum absolute atomic E-state index is 0.902. The Balaban J connectivity index is 1.79. The average Bonchev–Trinajstić information content (AvgIpc) is 3.32. The largest absolute Gasteiger partial charge is 0.455 e. The van der Waals surface area contributed by atoms with Crippen LogP contribution in [0.15, 0.2) is 83.4 Å². The number of fused-ring (bicyclic) bond motifs is 4. The third-order valence-corrected chi connectivity index (χ3v) is 6.27. The number of hydrogen-bond donors (Lipinski definition) is 0. The monoisotopic (exact) mass is 404 g/mol. The summed E-state index contributed by atoms with van der Waals surface area (Å²) in [5.74, 6) is 0.964. The summed E-state index contributed by atoms with van der Waals surface area (Å²) in [4.78, 5) is 5.00. The zero-order chi connectivity index (χ0) is 21.1. The number of hydrogen-bond acceptors (Lipinski definition) is 2. The van der Waals surface area contributed by atoms with E-state index in [1.807, 2.05) is 24.3 Å². The molecule has 6 aromatic rings. The number of aromatic nitrogens is 3. The Labute approximate surface area is 180 Å². The van der Waals surface area contributed by atoms with Gasteiger partial charge in [-0.15, -0.1) is 0 Å². The minimum atomic E-state index is 0.902. The molecule has 0 aliphatic heterocycles. The van der Waals surface area contributed by atoms with Crippen molar-refractivity contribution in [3.63, 3.8) is 0 Å². The van der Waals surface area contributed by atoms with Crippen molar-refractivity contribution in [1.82, 2.24) is 9.55 Å². The van der Waals surface area contributed by atoms with Crippen molar-refractivity contribution < 1.29 is 8.98 Å². The zero-order valence-electron chi connectivity index (χ0n) is 17.8. The van der Waals surface area contributed by atoms with Gasteiger partial charge in [-0.1, -0.05) is 30.3 Å². The van der Waals surface area contributed by atoms with Gasteiger partial charge in [-0.3, -0.25) is 0 Å². The molecule has 0 unspecified atom stereocenters. The van der Waals surface area contributed by atoms with E-state index in [0.717, 1.165) is 61.2 Å². The smallest absolute Gasteiger partial charge is 0.216 e. The van der Waals surface area contributed by atoms with E-state index in [-0.39, 0.29) is 0 Å². The van der Waals surface area contributed by atoms with E-state index in [4.69, 9.17) is 9.40 Å². The van der Waals surface area contributed by atoms with Crippen molar-refractivity contribution in [3.05, 3.63) is 84.6 Å².